The summed E-state index contributed by atoms with van der Waals surface area (Å²) >= 11 is 0. The summed E-state index contributed by atoms with van der Waals surface area (Å²) in [5, 5.41) is 9.82. The van der Waals surface area contributed by atoms with E-state index in [1.54, 1.807) is 18.2 Å². The van der Waals surface area contributed by atoms with Crippen molar-refractivity contribution in [2.45, 2.75) is 0 Å². The van der Waals surface area contributed by atoms with Crippen LogP contribution in [0.5, 0.6) is 0 Å². The zero-order valence-corrected chi connectivity index (χ0v) is 8.16. The maximum Gasteiger partial charge on any atom is 0.416 e. The molecule has 2 aromatic heterocycles. The number of hydrogen-bond acceptors (Lipinski definition) is 3. The lowest BCUT2D eigenvalue weighted by Crippen LogP contribution is -2.08. The molecule has 0 bridgehead atoms. The minimum absolute atomic E-state index is 0.614. The van der Waals surface area contributed by atoms with Crippen LogP contribution in [0.2, 0.25) is 0 Å². The third-order valence-electron chi connectivity index (χ3n) is 2.52. The van der Waals surface area contributed by atoms with Gasteiger partial charge in [-0.25, -0.2) is 14.8 Å². The quantitative estimate of drug-likeness (QED) is 0.621. The van der Waals surface area contributed by atoms with Gasteiger partial charge in [-0.1, -0.05) is 0 Å². The Morgan fingerprint density at radius 1 is 1.25 bits per heavy atom. The summed E-state index contributed by atoms with van der Waals surface area (Å²) < 4.78 is 1.17. The summed E-state index contributed by atoms with van der Waals surface area (Å²) in [5.74, 6) is 0. The normalized spacial score (nSPS) is 11.0. The van der Waals surface area contributed by atoms with E-state index < -0.39 is 6.09 Å². The number of benzene rings is 1. The maximum atomic E-state index is 11.0. The Balaban J connectivity index is 2.53. The van der Waals surface area contributed by atoms with E-state index in [-0.39, 0.29) is 0 Å². The fourth-order valence-corrected chi connectivity index (χ4v) is 1.82. The molecule has 0 aliphatic heterocycles. The van der Waals surface area contributed by atoms with Gasteiger partial charge in [-0.15, -0.1) is 0 Å². The van der Waals surface area contributed by atoms with Crippen molar-refractivity contribution >= 4 is 28.0 Å². The molecule has 0 radical (unpaired) electrons. The molecule has 0 saturated carbocycles. The molecule has 2 heterocycles. The Morgan fingerprint density at radius 3 is 2.94 bits per heavy atom. The van der Waals surface area contributed by atoms with Gasteiger partial charge in [0.15, 0.2) is 0 Å². The number of fused-ring (bicyclic) bond motifs is 3. The van der Waals surface area contributed by atoms with Crippen LogP contribution in [-0.2, 0) is 0 Å². The van der Waals surface area contributed by atoms with Gasteiger partial charge in [-0.3, -0.25) is 4.57 Å². The molecule has 0 aliphatic rings. The molecule has 0 spiro atoms. The van der Waals surface area contributed by atoms with Crippen LogP contribution in [0.25, 0.3) is 21.9 Å². The second-order valence-corrected chi connectivity index (χ2v) is 3.40. The summed E-state index contributed by atoms with van der Waals surface area (Å²) in [6.45, 7) is 0. The van der Waals surface area contributed by atoms with Gasteiger partial charge in [-0.05, 0) is 24.3 Å². The number of nitrogens with zero attached hydrogens (tertiary/aromatic N) is 3. The number of pyridine rings is 1. The molecule has 3 aromatic rings. The molecule has 5 nitrogen and oxygen atoms in total. The largest absolute Gasteiger partial charge is 0.464 e. The van der Waals surface area contributed by atoms with Crippen molar-refractivity contribution in [3.8, 4) is 0 Å². The van der Waals surface area contributed by atoms with E-state index in [1.807, 2.05) is 6.07 Å². The van der Waals surface area contributed by atoms with E-state index in [2.05, 4.69) is 9.97 Å². The van der Waals surface area contributed by atoms with Crippen LogP contribution in [0.1, 0.15) is 0 Å². The van der Waals surface area contributed by atoms with Crippen LogP contribution in [0.3, 0.4) is 0 Å². The van der Waals surface area contributed by atoms with Crippen LogP contribution in [-0.4, -0.2) is 25.7 Å². The Labute approximate surface area is 90.0 Å². The molecule has 3 rings (SSSR count). The predicted octanol–water partition coefficient (Wildman–Crippen LogP) is 2.11. The summed E-state index contributed by atoms with van der Waals surface area (Å²) in [6, 6.07) is 7.03. The summed E-state index contributed by atoms with van der Waals surface area (Å²) in [7, 11) is 0. The van der Waals surface area contributed by atoms with E-state index >= 15 is 0 Å². The Bertz CT molecular complexity index is 703. The van der Waals surface area contributed by atoms with Crippen LogP contribution < -0.4 is 0 Å². The molecule has 5 heteroatoms. The number of carboxylic acid groups (broad SMARTS) is 1. The van der Waals surface area contributed by atoms with Gasteiger partial charge in [0.25, 0.3) is 0 Å². The molecule has 1 aromatic carbocycles. The third-order valence-corrected chi connectivity index (χ3v) is 2.52. The van der Waals surface area contributed by atoms with Crippen LogP contribution >= 0.6 is 0 Å². The fraction of sp³-hybridized carbons (Fsp3) is 0. The van der Waals surface area contributed by atoms with E-state index in [1.165, 1.54) is 17.1 Å². The van der Waals surface area contributed by atoms with Gasteiger partial charge < -0.3 is 5.11 Å². The second kappa shape index (κ2) is 3.03. The Kier molecular flexibility index (Phi) is 1.67. The van der Waals surface area contributed by atoms with Gasteiger partial charge in [0.1, 0.15) is 6.33 Å². The molecule has 0 aliphatic carbocycles. The highest BCUT2D eigenvalue weighted by Gasteiger charge is 2.08. The van der Waals surface area contributed by atoms with Crippen molar-refractivity contribution in [2.24, 2.45) is 0 Å². The SMILES string of the molecule is O=C(O)n1cccc2c3ncnc3ccc21. The van der Waals surface area contributed by atoms with Gasteiger partial charge in [0.05, 0.1) is 16.6 Å². The van der Waals surface area contributed by atoms with Gasteiger partial charge in [0, 0.05) is 11.6 Å². The van der Waals surface area contributed by atoms with E-state index in [4.69, 9.17) is 5.11 Å². The summed E-state index contributed by atoms with van der Waals surface area (Å²) in [4.78, 5) is 19.2. The van der Waals surface area contributed by atoms with Crippen LogP contribution in [0, 0.1) is 0 Å². The van der Waals surface area contributed by atoms with Crippen molar-refractivity contribution in [2.75, 3.05) is 0 Å². The Hall–Kier alpha value is -2.43. The van der Waals surface area contributed by atoms with Gasteiger partial charge >= 0.3 is 6.09 Å². The first-order chi connectivity index (χ1) is 7.77. The predicted molar refractivity (Wildman–Crippen MR) is 58.5 cm³/mol. The standard InChI is InChI=1S/C11H7N3O2/c15-11(16)14-5-1-2-7-9(14)4-3-8-10(7)13-6-12-8/h1-6H,(H,15,16). The zero-order chi connectivity index (χ0) is 11.1. The fourth-order valence-electron chi connectivity index (χ4n) is 1.82. The third kappa shape index (κ3) is 1.08. The van der Waals surface area contributed by atoms with Crippen molar-refractivity contribution in [1.29, 1.82) is 0 Å². The molecule has 78 valence electrons. The highest BCUT2D eigenvalue weighted by atomic mass is 16.4. The van der Waals surface area contributed by atoms with E-state index in [0.29, 0.717) is 5.52 Å². The second-order valence-electron chi connectivity index (χ2n) is 3.40. The molecule has 1 N–H and O–H groups in total. The topological polar surface area (TPSA) is 68.0 Å². The molecule has 0 unspecified atom stereocenters. The number of imidazole rings is 1. The van der Waals surface area contributed by atoms with Crippen LogP contribution in [0.4, 0.5) is 4.79 Å². The average Bonchev–Trinajstić information content (AvgIpc) is 2.76. The lowest BCUT2D eigenvalue weighted by atomic mass is 10.2. The molecule has 0 amide bonds. The highest BCUT2D eigenvalue weighted by Crippen LogP contribution is 2.22. The first-order valence-electron chi connectivity index (χ1n) is 4.71. The first-order valence-corrected chi connectivity index (χ1v) is 4.71. The number of carbonyl (C=O) groups is 1. The molecular weight excluding hydrogens is 206 g/mol. The summed E-state index contributed by atoms with van der Waals surface area (Å²) in [6.07, 6.45) is 1.97. The lowest BCUT2D eigenvalue weighted by molar-refractivity contribution is 0.197. The minimum atomic E-state index is -1.01. The molecule has 16 heavy (non-hydrogen) atoms. The van der Waals surface area contributed by atoms with Crippen molar-refractivity contribution < 1.29 is 9.90 Å². The van der Waals surface area contributed by atoms with E-state index in [0.717, 1.165) is 16.4 Å². The van der Waals surface area contributed by atoms with Gasteiger partial charge in [0.2, 0.25) is 0 Å². The first kappa shape index (κ1) is 8.84. The number of hydrogen-bond donors (Lipinski definition) is 1. The van der Waals surface area contributed by atoms with Crippen molar-refractivity contribution in [3.63, 3.8) is 0 Å². The summed E-state index contributed by atoms with van der Waals surface area (Å²) in [5.41, 5.74) is 2.12. The van der Waals surface area contributed by atoms with Gasteiger partial charge in [-0.2, -0.15) is 0 Å². The zero-order valence-electron chi connectivity index (χ0n) is 8.16. The highest BCUT2D eigenvalue weighted by molar-refractivity contribution is 6.04. The van der Waals surface area contributed by atoms with Crippen LogP contribution in [0.15, 0.2) is 36.8 Å². The number of rotatable bonds is 0. The average molecular weight is 213 g/mol. The van der Waals surface area contributed by atoms with Crippen molar-refractivity contribution in [3.05, 3.63) is 36.8 Å². The number of aromatic nitrogens is 3. The molecular formula is C11H7N3O2. The lowest BCUT2D eigenvalue weighted by Gasteiger charge is -2.05. The van der Waals surface area contributed by atoms with E-state index in [9.17, 15) is 4.79 Å². The molecule has 0 atom stereocenters. The molecule has 0 saturated heterocycles. The smallest absolute Gasteiger partial charge is 0.416 e. The van der Waals surface area contributed by atoms with Crippen molar-refractivity contribution in [1.82, 2.24) is 14.5 Å². The monoisotopic (exact) mass is 213 g/mol. The minimum Gasteiger partial charge on any atom is -0.464 e. The Morgan fingerprint density at radius 2 is 2.12 bits per heavy atom. The maximum absolute atomic E-state index is 11.0. The molecule has 0 fully saturated rings.